The topological polar surface area (TPSA) is 83.5 Å². The fourth-order valence-electron chi connectivity index (χ4n) is 1.59. The smallest absolute Gasteiger partial charge is 0.253 e. The van der Waals surface area contributed by atoms with Crippen molar-refractivity contribution in [3.8, 4) is 0 Å². The van der Waals surface area contributed by atoms with Crippen molar-refractivity contribution in [3.05, 3.63) is 29.8 Å². The summed E-state index contributed by atoms with van der Waals surface area (Å²) in [6.07, 6.45) is -1.29. The summed E-state index contributed by atoms with van der Waals surface area (Å²) in [5.74, 6) is -0.826. The Morgan fingerprint density at radius 2 is 1.86 bits per heavy atom. The molecule has 0 saturated carbocycles. The predicted molar refractivity (Wildman–Crippen MR) is 77.8 cm³/mol. The predicted octanol–water partition coefficient (Wildman–Crippen LogP) is 1.21. The van der Waals surface area contributed by atoms with Crippen LogP contribution in [0, 0.1) is 0 Å². The van der Waals surface area contributed by atoms with E-state index in [1.165, 1.54) is 24.3 Å². The van der Waals surface area contributed by atoms with Crippen LogP contribution in [0.1, 0.15) is 5.56 Å². The third kappa shape index (κ3) is 5.78. The summed E-state index contributed by atoms with van der Waals surface area (Å²) in [4.78, 5) is 10.0. The Morgan fingerprint density at radius 3 is 2.24 bits per heavy atom. The average molecular weight is 358 g/mol. The highest BCUT2D eigenvalue weighted by Gasteiger charge is 2.24. The number of halogens is 3. The molecule has 1 aromatic rings. The summed E-state index contributed by atoms with van der Waals surface area (Å²) < 4.78 is 35.7. The fourth-order valence-corrected chi connectivity index (χ4v) is 2.35. The van der Waals surface area contributed by atoms with Gasteiger partial charge in [0.05, 0.1) is 10.9 Å². The number of nitrogens with one attached hydrogen (secondary N) is 1. The van der Waals surface area contributed by atoms with E-state index in [2.05, 4.69) is 5.32 Å². The van der Waals surface area contributed by atoms with E-state index in [-0.39, 0.29) is 11.3 Å². The Balaban J connectivity index is 2.83. The first kappa shape index (κ1) is 18.2. The molecule has 1 aromatic carbocycles. The molecule has 0 aromatic heterocycles. The number of sulfone groups is 1. The van der Waals surface area contributed by atoms with E-state index in [0.29, 0.717) is 5.56 Å². The van der Waals surface area contributed by atoms with Crippen molar-refractivity contribution in [2.24, 2.45) is 0 Å². The molecular formula is C12H14Cl2FNO4S. The van der Waals surface area contributed by atoms with Crippen molar-refractivity contribution >= 4 is 38.9 Å². The lowest BCUT2D eigenvalue weighted by atomic mass is 10.1. The molecule has 0 fully saturated rings. The van der Waals surface area contributed by atoms with E-state index in [9.17, 15) is 17.6 Å². The lowest BCUT2D eigenvalue weighted by molar-refractivity contribution is -0.122. The van der Waals surface area contributed by atoms with Gasteiger partial charge in [-0.1, -0.05) is 35.3 Å². The molecule has 9 heteroatoms. The molecule has 5 nitrogen and oxygen atoms in total. The molecule has 1 amide bonds. The van der Waals surface area contributed by atoms with Crippen LogP contribution in [0.3, 0.4) is 0 Å². The quantitative estimate of drug-likeness (QED) is 0.749. The molecule has 118 valence electrons. The molecule has 2 unspecified atom stereocenters. The lowest BCUT2D eigenvalue weighted by Crippen LogP contribution is -2.45. The van der Waals surface area contributed by atoms with Gasteiger partial charge in [-0.15, -0.1) is 0 Å². The molecule has 2 N–H and O–H groups in total. The summed E-state index contributed by atoms with van der Waals surface area (Å²) in [5, 5.41) is 11.2. The molecular weight excluding hydrogens is 344 g/mol. The van der Waals surface area contributed by atoms with Gasteiger partial charge < -0.3 is 10.4 Å². The van der Waals surface area contributed by atoms with Gasteiger partial charge in [0.25, 0.3) is 5.91 Å². The molecule has 0 radical (unpaired) electrons. The first-order valence-corrected chi connectivity index (χ1v) is 8.57. The third-order valence-corrected chi connectivity index (χ3v) is 4.19. The minimum absolute atomic E-state index is 0.0477. The van der Waals surface area contributed by atoms with E-state index < -0.39 is 33.0 Å². The van der Waals surface area contributed by atoms with Crippen molar-refractivity contribution in [1.29, 1.82) is 0 Å². The number of aliphatic hydroxyl groups excluding tert-OH is 1. The number of alkyl halides is 3. The van der Waals surface area contributed by atoms with Gasteiger partial charge in [0, 0.05) is 6.26 Å². The van der Waals surface area contributed by atoms with E-state index in [1.807, 2.05) is 0 Å². The van der Waals surface area contributed by atoms with Crippen LogP contribution in [-0.2, 0) is 21.1 Å². The second kappa shape index (κ2) is 7.40. The van der Waals surface area contributed by atoms with Crippen LogP contribution in [-0.4, -0.2) is 42.9 Å². The highest BCUT2D eigenvalue weighted by Crippen LogP contribution is 2.14. The average Bonchev–Trinajstić information content (AvgIpc) is 2.37. The van der Waals surface area contributed by atoms with E-state index in [4.69, 9.17) is 28.3 Å². The molecule has 2 atom stereocenters. The highest BCUT2D eigenvalue weighted by atomic mass is 35.5. The maximum Gasteiger partial charge on any atom is 0.253 e. The minimum atomic E-state index is -3.32. The highest BCUT2D eigenvalue weighted by molar-refractivity contribution is 7.90. The van der Waals surface area contributed by atoms with Crippen LogP contribution in [0.4, 0.5) is 4.39 Å². The summed E-state index contributed by atoms with van der Waals surface area (Å²) in [6.45, 7) is 0. The van der Waals surface area contributed by atoms with Gasteiger partial charge >= 0.3 is 0 Å². The second-order valence-electron chi connectivity index (χ2n) is 4.41. The lowest BCUT2D eigenvalue weighted by Gasteiger charge is -2.19. The molecule has 0 bridgehead atoms. The largest absolute Gasteiger partial charge is 0.362 e. The van der Waals surface area contributed by atoms with Gasteiger partial charge in [-0.3, -0.25) is 4.79 Å². The molecule has 1 rings (SSSR count). The number of amides is 1. The van der Waals surface area contributed by atoms with Crippen LogP contribution >= 0.6 is 23.2 Å². The van der Waals surface area contributed by atoms with Gasteiger partial charge in [-0.2, -0.15) is 0 Å². The number of benzene rings is 1. The number of carbonyl (C=O) groups excluding carboxylic acids is 1. The first-order valence-electron chi connectivity index (χ1n) is 5.81. The van der Waals surface area contributed by atoms with Gasteiger partial charge in [-0.05, 0) is 24.1 Å². The second-order valence-corrected chi connectivity index (χ2v) is 7.52. The maximum absolute atomic E-state index is 13.1. The van der Waals surface area contributed by atoms with Crippen LogP contribution in [0.2, 0.25) is 0 Å². The summed E-state index contributed by atoms with van der Waals surface area (Å²) in [6, 6.07) is 4.43. The molecule has 0 aliphatic rings. The zero-order valence-electron chi connectivity index (χ0n) is 11.0. The van der Waals surface area contributed by atoms with Crippen LogP contribution in [0.15, 0.2) is 29.2 Å². The normalized spacial score (nSPS) is 14.8. The van der Waals surface area contributed by atoms with Crippen LogP contribution < -0.4 is 5.32 Å². The monoisotopic (exact) mass is 357 g/mol. The Hall–Kier alpha value is -0.890. The molecule has 0 heterocycles. The molecule has 0 saturated heterocycles. The first-order chi connectivity index (χ1) is 9.61. The van der Waals surface area contributed by atoms with Gasteiger partial charge in [-0.25, -0.2) is 12.8 Å². The van der Waals surface area contributed by atoms with Crippen molar-refractivity contribution in [1.82, 2.24) is 5.32 Å². The standard InChI is InChI=1S/C12H14Cl2FNO4S/c1-21(19,20)8-4-2-7(3-5-8)6-9(11(15)17)16-12(18)10(13)14/h2-5,9-11,17H,6H2,1H3,(H,16,18). The number of rotatable bonds is 6. The summed E-state index contributed by atoms with van der Waals surface area (Å²) in [7, 11) is -3.32. The SMILES string of the molecule is CS(=O)(=O)c1ccc(CC(NC(=O)C(Cl)Cl)C(O)F)cc1. The number of hydrogen-bond acceptors (Lipinski definition) is 4. The van der Waals surface area contributed by atoms with Crippen molar-refractivity contribution in [2.45, 2.75) is 28.6 Å². The molecule has 0 aliphatic heterocycles. The van der Waals surface area contributed by atoms with E-state index >= 15 is 0 Å². The summed E-state index contributed by atoms with van der Waals surface area (Å²) in [5.41, 5.74) is 0.532. The summed E-state index contributed by atoms with van der Waals surface area (Å²) >= 11 is 10.7. The van der Waals surface area contributed by atoms with E-state index in [0.717, 1.165) is 6.26 Å². The molecule has 0 aliphatic carbocycles. The zero-order chi connectivity index (χ0) is 16.2. The molecule has 0 spiro atoms. The number of carbonyl (C=O) groups is 1. The molecule has 21 heavy (non-hydrogen) atoms. The van der Waals surface area contributed by atoms with Crippen molar-refractivity contribution in [2.75, 3.05) is 6.26 Å². The van der Waals surface area contributed by atoms with Gasteiger partial charge in [0.1, 0.15) is 0 Å². The number of hydrogen-bond donors (Lipinski definition) is 2. The van der Waals surface area contributed by atoms with Crippen LogP contribution in [0.25, 0.3) is 0 Å². The Morgan fingerprint density at radius 1 is 1.33 bits per heavy atom. The third-order valence-electron chi connectivity index (χ3n) is 2.66. The van der Waals surface area contributed by atoms with Gasteiger partial charge in [0.2, 0.25) is 6.36 Å². The number of aliphatic hydroxyl groups is 1. The fraction of sp³-hybridized carbons (Fsp3) is 0.417. The minimum Gasteiger partial charge on any atom is -0.362 e. The van der Waals surface area contributed by atoms with Crippen molar-refractivity contribution < 1.29 is 22.7 Å². The van der Waals surface area contributed by atoms with Crippen LogP contribution in [0.5, 0.6) is 0 Å². The van der Waals surface area contributed by atoms with E-state index in [1.54, 1.807) is 0 Å². The van der Waals surface area contributed by atoms with Gasteiger partial charge in [0.15, 0.2) is 14.7 Å². The Bertz CT molecular complexity index is 590. The Kier molecular flexibility index (Phi) is 6.40. The van der Waals surface area contributed by atoms with Crippen molar-refractivity contribution in [3.63, 3.8) is 0 Å². The maximum atomic E-state index is 13.1. The Labute approximate surface area is 132 Å². The zero-order valence-corrected chi connectivity index (χ0v) is 13.3.